The number of H-pyrrole nitrogens is 1. The molecule has 3 aromatic rings. The Labute approximate surface area is 137 Å². The summed E-state index contributed by atoms with van der Waals surface area (Å²) in [6.07, 6.45) is 1.04. The van der Waals surface area contributed by atoms with Crippen molar-refractivity contribution in [1.29, 1.82) is 0 Å². The molecule has 0 aliphatic carbocycles. The maximum Gasteiger partial charge on any atom is 0.0968 e. The second kappa shape index (κ2) is 6.01. The van der Waals surface area contributed by atoms with E-state index in [0.29, 0.717) is 0 Å². The van der Waals surface area contributed by atoms with Gasteiger partial charge in [-0.1, -0.05) is 54.1 Å². The number of hydrogen-bond donors (Lipinski definition) is 1. The molecule has 0 fully saturated rings. The van der Waals surface area contributed by atoms with Crippen LogP contribution in [-0.4, -0.2) is 21.6 Å². The van der Waals surface area contributed by atoms with Crippen molar-refractivity contribution in [3.05, 3.63) is 77.0 Å². The third-order valence-corrected chi connectivity index (χ3v) is 4.55. The third-order valence-electron chi connectivity index (χ3n) is 4.55. The van der Waals surface area contributed by atoms with E-state index in [1.165, 1.54) is 27.9 Å². The lowest BCUT2D eigenvalue weighted by Crippen LogP contribution is -2.29. The molecule has 0 spiro atoms. The first-order valence-electron chi connectivity index (χ1n) is 8.19. The van der Waals surface area contributed by atoms with Gasteiger partial charge in [-0.05, 0) is 18.6 Å². The van der Waals surface area contributed by atoms with Crippen molar-refractivity contribution >= 4 is 0 Å². The molecule has 4 rings (SSSR count). The van der Waals surface area contributed by atoms with E-state index in [1.54, 1.807) is 0 Å². The van der Waals surface area contributed by atoms with Gasteiger partial charge < -0.3 is 0 Å². The van der Waals surface area contributed by atoms with Crippen LogP contribution in [0.1, 0.15) is 22.4 Å². The fourth-order valence-corrected chi connectivity index (χ4v) is 3.36. The number of fused-ring (bicyclic) bond motifs is 1. The third kappa shape index (κ3) is 2.92. The zero-order valence-corrected chi connectivity index (χ0v) is 13.4. The minimum absolute atomic E-state index is 0.962. The molecule has 23 heavy (non-hydrogen) atoms. The lowest BCUT2D eigenvalue weighted by molar-refractivity contribution is 0.245. The average Bonchev–Trinajstić information content (AvgIpc) is 2.99. The lowest BCUT2D eigenvalue weighted by Gasteiger charge is -2.27. The Balaban J connectivity index is 1.60. The summed E-state index contributed by atoms with van der Waals surface area (Å²) in [6.45, 7) is 5.17. The maximum atomic E-state index is 4.60. The minimum atomic E-state index is 0.962. The summed E-state index contributed by atoms with van der Waals surface area (Å²) < 4.78 is 0. The second-order valence-electron chi connectivity index (χ2n) is 6.35. The fourth-order valence-electron chi connectivity index (χ4n) is 3.36. The maximum absolute atomic E-state index is 4.60. The highest BCUT2D eigenvalue weighted by atomic mass is 15.2. The van der Waals surface area contributed by atoms with Crippen LogP contribution in [0.15, 0.2) is 54.6 Å². The summed E-state index contributed by atoms with van der Waals surface area (Å²) in [5.74, 6) is 0. The number of hydrogen-bond acceptors (Lipinski definition) is 2. The van der Waals surface area contributed by atoms with Crippen LogP contribution in [-0.2, 0) is 19.5 Å². The number of rotatable bonds is 3. The monoisotopic (exact) mass is 303 g/mol. The van der Waals surface area contributed by atoms with E-state index in [2.05, 4.69) is 76.6 Å². The Bertz CT molecular complexity index is 805. The number of aromatic amines is 1. The van der Waals surface area contributed by atoms with E-state index in [1.807, 2.05) is 0 Å². The Morgan fingerprint density at radius 1 is 1.09 bits per heavy atom. The highest BCUT2D eigenvalue weighted by Gasteiger charge is 2.22. The zero-order chi connectivity index (χ0) is 15.6. The quantitative estimate of drug-likeness (QED) is 0.794. The summed E-state index contributed by atoms with van der Waals surface area (Å²) >= 11 is 0. The van der Waals surface area contributed by atoms with Crippen LogP contribution >= 0.6 is 0 Å². The van der Waals surface area contributed by atoms with E-state index in [0.717, 1.165) is 31.7 Å². The molecular weight excluding hydrogens is 282 g/mol. The van der Waals surface area contributed by atoms with Gasteiger partial charge in [-0.15, -0.1) is 0 Å². The second-order valence-corrected chi connectivity index (χ2v) is 6.35. The van der Waals surface area contributed by atoms with Crippen molar-refractivity contribution < 1.29 is 0 Å². The molecule has 0 bridgehead atoms. The normalized spacial score (nSPS) is 14.7. The number of nitrogens with one attached hydrogen (secondary N) is 1. The van der Waals surface area contributed by atoms with E-state index in [4.69, 9.17) is 0 Å². The van der Waals surface area contributed by atoms with Gasteiger partial charge in [-0.2, -0.15) is 5.10 Å². The van der Waals surface area contributed by atoms with Gasteiger partial charge in [0.25, 0.3) is 0 Å². The van der Waals surface area contributed by atoms with Gasteiger partial charge in [0, 0.05) is 42.9 Å². The van der Waals surface area contributed by atoms with E-state index >= 15 is 0 Å². The molecule has 3 nitrogen and oxygen atoms in total. The molecule has 0 amide bonds. The Morgan fingerprint density at radius 2 is 1.96 bits per heavy atom. The fraction of sp³-hybridized carbons (Fsp3) is 0.250. The lowest BCUT2D eigenvalue weighted by atomic mass is 9.99. The average molecular weight is 303 g/mol. The number of nitrogens with zero attached hydrogens (tertiary/aromatic N) is 2. The molecule has 2 heterocycles. The van der Waals surface area contributed by atoms with Crippen LogP contribution in [0.4, 0.5) is 0 Å². The zero-order valence-electron chi connectivity index (χ0n) is 13.4. The number of benzene rings is 2. The molecule has 0 unspecified atom stereocenters. The Morgan fingerprint density at radius 3 is 2.78 bits per heavy atom. The predicted molar refractivity (Wildman–Crippen MR) is 93.0 cm³/mol. The van der Waals surface area contributed by atoms with Crippen molar-refractivity contribution in [2.45, 2.75) is 26.4 Å². The van der Waals surface area contributed by atoms with Crippen LogP contribution in [0.2, 0.25) is 0 Å². The molecule has 0 radical (unpaired) electrons. The van der Waals surface area contributed by atoms with Gasteiger partial charge in [-0.3, -0.25) is 10.00 Å². The summed E-state index contributed by atoms with van der Waals surface area (Å²) in [5, 5.41) is 7.85. The van der Waals surface area contributed by atoms with Gasteiger partial charge in [0.15, 0.2) is 0 Å². The van der Waals surface area contributed by atoms with E-state index in [9.17, 15) is 0 Å². The summed E-state index contributed by atoms with van der Waals surface area (Å²) in [4.78, 5) is 2.51. The van der Waals surface area contributed by atoms with Crippen LogP contribution in [0, 0.1) is 6.92 Å². The minimum Gasteiger partial charge on any atom is -0.294 e. The van der Waals surface area contributed by atoms with Gasteiger partial charge in [0.1, 0.15) is 0 Å². The molecule has 1 aliphatic heterocycles. The summed E-state index contributed by atoms with van der Waals surface area (Å²) in [5.41, 5.74) is 7.63. The van der Waals surface area contributed by atoms with Gasteiger partial charge in [0.05, 0.1) is 5.69 Å². The molecule has 2 aromatic carbocycles. The molecule has 0 atom stereocenters. The number of aromatic nitrogens is 2. The molecule has 1 aliphatic rings. The highest BCUT2D eigenvalue weighted by Crippen LogP contribution is 2.29. The molecule has 0 saturated carbocycles. The Kier molecular flexibility index (Phi) is 3.72. The highest BCUT2D eigenvalue weighted by molar-refractivity contribution is 5.65. The van der Waals surface area contributed by atoms with Crippen LogP contribution in [0.25, 0.3) is 11.3 Å². The van der Waals surface area contributed by atoms with Crippen LogP contribution in [0.5, 0.6) is 0 Å². The molecular formula is C20H21N3. The van der Waals surface area contributed by atoms with Crippen LogP contribution < -0.4 is 0 Å². The first kappa shape index (κ1) is 14.2. The first-order chi connectivity index (χ1) is 11.3. The van der Waals surface area contributed by atoms with Crippen molar-refractivity contribution in [2.24, 2.45) is 0 Å². The van der Waals surface area contributed by atoms with E-state index < -0.39 is 0 Å². The van der Waals surface area contributed by atoms with Crippen molar-refractivity contribution in [3.63, 3.8) is 0 Å². The topological polar surface area (TPSA) is 31.9 Å². The first-order valence-corrected chi connectivity index (χ1v) is 8.19. The number of aryl methyl sites for hydroxylation is 1. The van der Waals surface area contributed by atoms with Crippen LogP contribution in [0.3, 0.4) is 0 Å². The standard InChI is InChI=1S/C20H21N3/c1-15-6-5-9-17(12-15)20-18-14-23(11-10-19(18)21-22-20)13-16-7-3-2-4-8-16/h2-9,12H,10-11,13-14H2,1H3,(H,21,22). The predicted octanol–water partition coefficient (Wildman–Crippen LogP) is 3.94. The SMILES string of the molecule is Cc1cccc(-c2n[nH]c3c2CN(Cc2ccccc2)CC3)c1. The Hall–Kier alpha value is -2.39. The summed E-state index contributed by atoms with van der Waals surface area (Å²) in [7, 11) is 0. The molecule has 116 valence electrons. The van der Waals surface area contributed by atoms with Crippen molar-refractivity contribution in [3.8, 4) is 11.3 Å². The molecule has 0 saturated heterocycles. The molecule has 1 aromatic heterocycles. The molecule has 1 N–H and O–H groups in total. The van der Waals surface area contributed by atoms with Crippen molar-refractivity contribution in [1.82, 2.24) is 15.1 Å². The van der Waals surface area contributed by atoms with E-state index in [-0.39, 0.29) is 0 Å². The summed E-state index contributed by atoms with van der Waals surface area (Å²) in [6, 6.07) is 19.3. The molecule has 3 heteroatoms. The van der Waals surface area contributed by atoms with Gasteiger partial charge in [0.2, 0.25) is 0 Å². The van der Waals surface area contributed by atoms with Gasteiger partial charge in [-0.25, -0.2) is 0 Å². The smallest absolute Gasteiger partial charge is 0.0968 e. The van der Waals surface area contributed by atoms with Gasteiger partial charge >= 0.3 is 0 Å². The largest absolute Gasteiger partial charge is 0.294 e. The van der Waals surface area contributed by atoms with Crippen molar-refractivity contribution in [2.75, 3.05) is 6.54 Å².